The number of methoxy groups -OCH3 is 1. The average Bonchev–Trinajstić information content (AvgIpc) is 2.68. The molecule has 0 amide bonds. The standard InChI is InChI=1S/C12H10BBrN2O/c1-17-9-3-2-8-10(11(9)13)7-4-6(14)5-15-12(7)16-8/h2-5H,13H2,1H3,(H,15,16). The predicted molar refractivity (Wildman–Crippen MR) is 76.0 cm³/mol. The Bertz CT molecular complexity index is 723. The van der Waals surface area contributed by atoms with Crippen LogP contribution in [0.25, 0.3) is 21.9 Å². The zero-order valence-electron chi connectivity index (χ0n) is 9.54. The first-order valence-corrected chi connectivity index (χ1v) is 6.10. The van der Waals surface area contributed by atoms with Gasteiger partial charge in [-0.05, 0) is 39.6 Å². The number of halogens is 1. The molecule has 1 N–H and O–H groups in total. The fourth-order valence-electron chi connectivity index (χ4n) is 2.22. The average molecular weight is 289 g/mol. The number of hydrogen-bond acceptors (Lipinski definition) is 2. The van der Waals surface area contributed by atoms with Crippen molar-refractivity contribution >= 4 is 51.2 Å². The summed E-state index contributed by atoms with van der Waals surface area (Å²) in [5.41, 5.74) is 3.12. The molecule has 0 aliphatic carbocycles. The lowest BCUT2D eigenvalue weighted by molar-refractivity contribution is 0.418. The van der Waals surface area contributed by atoms with Crippen molar-refractivity contribution in [2.24, 2.45) is 0 Å². The van der Waals surface area contributed by atoms with Crippen LogP contribution in [0, 0.1) is 0 Å². The van der Waals surface area contributed by atoms with Crippen LogP contribution in [-0.4, -0.2) is 24.9 Å². The zero-order chi connectivity index (χ0) is 12.0. The number of H-pyrrole nitrogens is 1. The number of fused-ring (bicyclic) bond motifs is 3. The van der Waals surface area contributed by atoms with Crippen molar-refractivity contribution in [3.05, 3.63) is 28.9 Å². The van der Waals surface area contributed by atoms with E-state index in [4.69, 9.17) is 4.74 Å². The summed E-state index contributed by atoms with van der Waals surface area (Å²) in [6.45, 7) is 0. The lowest BCUT2D eigenvalue weighted by Gasteiger charge is -2.05. The van der Waals surface area contributed by atoms with Crippen molar-refractivity contribution in [1.82, 2.24) is 9.97 Å². The van der Waals surface area contributed by atoms with Gasteiger partial charge in [-0.25, -0.2) is 4.98 Å². The first-order chi connectivity index (χ1) is 8.20. The third kappa shape index (κ3) is 1.53. The number of rotatable bonds is 1. The van der Waals surface area contributed by atoms with E-state index in [1.165, 1.54) is 5.39 Å². The molecule has 2 aromatic heterocycles. The monoisotopic (exact) mass is 288 g/mol. The molecule has 0 fully saturated rings. The molecule has 0 atom stereocenters. The van der Waals surface area contributed by atoms with Gasteiger partial charge in [-0.15, -0.1) is 0 Å². The Morgan fingerprint density at radius 1 is 1.41 bits per heavy atom. The summed E-state index contributed by atoms with van der Waals surface area (Å²) in [6, 6.07) is 6.08. The summed E-state index contributed by atoms with van der Waals surface area (Å²) in [6.07, 6.45) is 1.80. The maximum Gasteiger partial charge on any atom is 0.145 e. The van der Waals surface area contributed by atoms with Crippen LogP contribution >= 0.6 is 15.9 Å². The molecule has 3 rings (SSSR count). The van der Waals surface area contributed by atoms with Crippen molar-refractivity contribution in [3.63, 3.8) is 0 Å². The van der Waals surface area contributed by atoms with Crippen molar-refractivity contribution in [3.8, 4) is 5.75 Å². The highest BCUT2D eigenvalue weighted by Gasteiger charge is 2.10. The number of benzene rings is 1. The van der Waals surface area contributed by atoms with Gasteiger partial charge in [0.2, 0.25) is 0 Å². The van der Waals surface area contributed by atoms with E-state index >= 15 is 0 Å². The Balaban J connectivity index is 2.52. The van der Waals surface area contributed by atoms with Gasteiger partial charge in [0.15, 0.2) is 0 Å². The third-order valence-corrected chi connectivity index (χ3v) is 3.45. The minimum Gasteiger partial charge on any atom is -0.497 e. The van der Waals surface area contributed by atoms with E-state index in [1.807, 2.05) is 12.1 Å². The lowest BCUT2D eigenvalue weighted by atomic mass is 9.90. The fourth-order valence-corrected chi connectivity index (χ4v) is 2.55. The predicted octanol–water partition coefficient (Wildman–Crippen LogP) is 1.75. The summed E-state index contributed by atoms with van der Waals surface area (Å²) >= 11 is 3.46. The lowest BCUT2D eigenvalue weighted by Crippen LogP contribution is -2.07. The van der Waals surface area contributed by atoms with Crippen molar-refractivity contribution in [2.75, 3.05) is 7.11 Å². The van der Waals surface area contributed by atoms with Gasteiger partial charge in [0.25, 0.3) is 0 Å². The number of aromatic amines is 1. The summed E-state index contributed by atoms with van der Waals surface area (Å²) in [4.78, 5) is 7.68. The van der Waals surface area contributed by atoms with E-state index in [-0.39, 0.29) is 0 Å². The highest BCUT2D eigenvalue weighted by atomic mass is 79.9. The van der Waals surface area contributed by atoms with Gasteiger partial charge in [-0.1, -0.05) is 0 Å². The van der Waals surface area contributed by atoms with Gasteiger partial charge in [-0.2, -0.15) is 0 Å². The van der Waals surface area contributed by atoms with Crippen LogP contribution in [0.4, 0.5) is 0 Å². The molecule has 0 aliphatic heterocycles. The molecule has 3 aromatic rings. The Morgan fingerprint density at radius 2 is 2.24 bits per heavy atom. The minimum atomic E-state index is 0.901. The van der Waals surface area contributed by atoms with Gasteiger partial charge in [0, 0.05) is 27.0 Å². The second-order valence-electron chi connectivity index (χ2n) is 3.99. The molecule has 0 aliphatic rings. The van der Waals surface area contributed by atoms with Crippen molar-refractivity contribution < 1.29 is 4.74 Å². The van der Waals surface area contributed by atoms with Gasteiger partial charge in [0.05, 0.1) is 7.11 Å². The quantitative estimate of drug-likeness (QED) is 0.693. The van der Waals surface area contributed by atoms with E-state index in [2.05, 4.69) is 39.8 Å². The molecular formula is C12H10BBrN2O. The summed E-state index contributed by atoms with van der Waals surface area (Å²) in [5, 5.41) is 2.29. The number of nitrogens with one attached hydrogen (secondary N) is 1. The first kappa shape index (κ1) is 10.7. The van der Waals surface area contributed by atoms with Crippen LogP contribution < -0.4 is 10.2 Å². The largest absolute Gasteiger partial charge is 0.497 e. The van der Waals surface area contributed by atoms with Gasteiger partial charge in [0.1, 0.15) is 19.2 Å². The van der Waals surface area contributed by atoms with Gasteiger partial charge >= 0.3 is 0 Å². The number of aromatic nitrogens is 2. The molecule has 1 aromatic carbocycles. The van der Waals surface area contributed by atoms with Crippen LogP contribution in [0.3, 0.4) is 0 Å². The number of pyridine rings is 1. The maximum atomic E-state index is 5.36. The van der Waals surface area contributed by atoms with Crippen LogP contribution in [0.1, 0.15) is 0 Å². The number of nitrogens with zero attached hydrogens (tertiary/aromatic N) is 1. The van der Waals surface area contributed by atoms with E-state index < -0.39 is 0 Å². The topological polar surface area (TPSA) is 37.9 Å². The van der Waals surface area contributed by atoms with Crippen LogP contribution in [0.15, 0.2) is 28.9 Å². The molecule has 5 heteroatoms. The van der Waals surface area contributed by atoms with E-state index in [0.29, 0.717) is 0 Å². The highest BCUT2D eigenvalue weighted by Crippen LogP contribution is 2.27. The number of ether oxygens (including phenoxy) is 1. The van der Waals surface area contributed by atoms with Crippen LogP contribution in [-0.2, 0) is 0 Å². The molecule has 17 heavy (non-hydrogen) atoms. The smallest absolute Gasteiger partial charge is 0.145 e. The summed E-state index contributed by atoms with van der Waals surface area (Å²) < 4.78 is 6.34. The van der Waals surface area contributed by atoms with Crippen molar-refractivity contribution in [1.29, 1.82) is 0 Å². The molecular weight excluding hydrogens is 279 g/mol. The summed E-state index contributed by atoms with van der Waals surface area (Å²) in [7, 11) is 3.76. The van der Waals surface area contributed by atoms with Gasteiger partial charge in [-0.3, -0.25) is 0 Å². The summed E-state index contributed by atoms with van der Waals surface area (Å²) in [5.74, 6) is 0.901. The third-order valence-electron chi connectivity index (χ3n) is 3.01. The molecule has 2 heterocycles. The second kappa shape index (κ2) is 3.77. The molecule has 84 valence electrons. The fraction of sp³-hybridized carbons (Fsp3) is 0.0833. The molecule has 0 unspecified atom stereocenters. The molecule has 0 saturated carbocycles. The Labute approximate surface area is 108 Å². The zero-order valence-corrected chi connectivity index (χ0v) is 11.1. The van der Waals surface area contributed by atoms with E-state index in [0.717, 1.165) is 32.2 Å². The highest BCUT2D eigenvalue weighted by molar-refractivity contribution is 9.10. The van der Waals surface area contributed by atoms with Crippen LogP contribution in [0.2, 0.25) is 0 Å². The van der Waals surface area contributed by atoms with Crippen LogP contribution in [0.5, 0.6) is 5.75 Å². The second-order valence-corrected chi connectivity index (χ2v) is 4.91. The maximum absolute atomic E-state index is 5.36. The first-order valence-electron chi connectivity index (χ1n) is 5.31. The molecule has 3 nitrogen and oxygen atoms in total. The van der Waals surface area contributed by atoms with E-state index in [1.54, 1.807) is 13.3 Å². The van der Waals surface area contributed by atoms with Gasteiger partial charge < -0.3 is 9.72 Å². The van der Waals surface area contributed by atoms with E-state index in [9.17, 15) is 0 Å². The Hall–Kier alpha value is -1.49. The Kier molecular flexibility index (Phi) is 2.36. The van der Waals surface area contributed by atoms with Crippen molar-refractivity contribution in [2.45, 2.75) is 0 Å². The molecule has 0 radical (unpaired) electrons. The SMILES string of the molecule is Bc1c(OC)ccc2[nH]c3ncc(Br)cc3c12. The number of hydrogen-bond donors (Lipinski definition) is 1. The molecule has 0 spiro atoms. The Morgan fingerprint density at radius 3 is 3.00 bits per heavy atom. The molecule has 0 bridgehead atoms. The minimum absolute atomic E-state index is 0.901. The molecule has 0 saturated heterocycles. The normalized spacial score (nSPS) is 11.2.